The third kappa shape index (κ3) is 2.24. The summed E-state index contributed by atoms with van der Waals surface area (Å²) in [4.78, 5) is 0. The van der Waals surface area contributed by atoms with Gasteiger partial charge < -0.3 is 10.5 Å². The van der Waals surface area contributed by atoms with Gasteiger partial charge in [0.25, 0.3) is 0 Å². The number of benzene rings is 1. The standard InChI is InChI=1S/C8H5ClF2N2O/c9-7-5(13)1-4(3-12)2-6(7)14-8(10)11/h1-2,8H,13H2. The molecule has 0 aliphatic carbocycles. The topological polar surface area (TPSA) is 59.0 Å². The van der Waals surface area contributed by atoms with E-state index in [2.05, 4.69) is 4.74 Å². The number of nitrogens with two attached hydrogens (primary N) is 1. The number of alkyl halides is 2. The van der Waals surface area contributed by atoms with Gasteiger partial charge in [0, 0.05) is 0 Å². The second kappa shape index (κ2) is 4.11. The number of anilines is 1. The first-order chi connectivity index (χ1) is 6.54. The van der Waals surface area contributed by atoms with E-state index in [0.29, 0.717) is 0 Å². The van der Waals surface area contributed by atoms with E-state index in [1.165, 1.54) is 6.07 Å². The molecule has 0 saturated heterocycles. The number of nitrogens with zero attached hydrogens (tertiary/aromatic N) is 1. The Morgan fingerprint density at radius 1 is 1.50 bits per heavy atom. The van der Waals surface area contributed by atoms with Crippen molar-refractivity contribution in [3.8, 4) is 11.8 Å². The van der Waals surface area contributed by atoms with Crippen LogP contribution in [0.5, 0.6) is 5.75 Å². The maximum atomic E-state index is 11.9. The first-order valence-corrected chi connectivity index (χ1v) is 3.86. The van der Waals surface area contributed by atoms with Crippen LogP contribution in [0.4, 0.5) is 14.5 Å². The number of nitriles is 1. The van der Waals surface area contributed by atoms with Crippen molar-refractivity contribution in [2.24, 2.45) is 0 Å². The first kappa shape index (κ1) is 10.5. The second-order valence-corrected chi connectivity index (χ2v) is 2.75. The summed E-state index contributed by atoms with van der Waals surface area (Å²) in [6.07, 6.45) is 0. The summed E-state index contributed by atoms with van der Waals surface area (Å²) in [5, 5.41) is 8.40. The Hall–Kier alpha value is -1.54. The van der Waals surface area contributed by atoms with Gasteiger partial charge in [0.05, 0.1) is 17.3 Å². The normalized spacial score (nSPS) is 9.93. The van der Waals surface area contributed by atoms with Crippen LogP contribution < -0.4 is 10.5 Å². The van der Waals surface area contributed by atoms with E-state index in [4.69, 9.17) is 22.6 Å². The van der Waals surface area contributed by atoms with Crippen LogP contribution in [0.25, 0.3) is 0 Å². The van der Waals surface area contributed by atoms with Crippen LogP contribution in [0.2, 0.25) is 5.02 Å². The van der Waals surface area contributed by atoms with Crippen molar-refractivity contribution in [1.82, 2.24) is 0 Å². The predicted octanol–water partition coefficient (Wildman–Crippen LogP) is 2.40. The minimum Gasteiger partial charge on any atom is -0.433 e. The van der Waals surface area contributed by atoms with E-state index < -0.39 is 6.61 Å². The minimum atomic E-state index is -3.00. The molecule has 1 aromatic rings. The molecule has 0 radical (unpaired) electrons. The van der Waals surface area contributed by atoms with E-state index in [-0.39, 0.29) is 22.0 Å². The highest BCUT2D eigenvalue weighted by Gasteiger charge is 2.12. The summed E-state index contributed by atoms with van der Waals surface area (Å²) in [5.41, 5.74) is 5.51. The van der Waals surface area contributed by atoms with Crippen LogP contribution in [-0.4, -0.2) is 6.61 Å². The molecule has 2 N–H and O–H groups in total. The number of rotatable bonds is 2. The fourth-order valence-corrected chi connectivity index (χ4v) is 1.02. The van der Waals surface area contributed by atoms with Crippen LogP contribution >= 0.6 is 11.6 Å². The molecule has 0 aromatic heterocycles. The van der Waals surface area contributed by atoms with Crippen molar-refractivity contribution >= 4 is 17.3 Å². The van der Waals surface area contributed by atoms with Crippen molar-refractivity contribution in [3.63, 3.8) is 0 Å². The molecule has 3 nitrogen and oxygen atoms in total. The Morgan fingerprint density at radius 3 is 2.64 bits per heavy atom. The molecule has 0 spiro atoms. The summed E-state index contributed by atoms with van der Waals surface area (Å²) in [5.74, 6) is -0.293. The predicted molar refractivity (Wildman–Crippen MR) is 47.2 cm³/mol. The van der Waals surface area contributed by atoms with E-state index in [0.717, 1.165) is 6.07 Å². The lowest BCUT2D eigenvalue weighted by Gasteiger charge is -2.08. The fraction of sp³-hybridized carbons (Fsp3) is 0.125. The zero-order chi connectivity index (χ0) is 10.7. The Labute approximate surface area is 83.6 Å². The van der Waals surface area contributed by atoms with E-state index in [1.54, 1.807) is 6.07 Å². The maximum absolute atomic E-state index is 11.9. The Balaban J connectivity index is 3.15. The lowest BCUT2D eigenvalue weighted by atomic mass is 10.2. The Morgan fingerprint density at radius 2 is 2.14 bits per heavy atom. The van der Waals surface area contributed by atoms with Gasteiger partial charge in [-0.1, -0.05) is 11.6 Å². The van der Waals surface area contributed by atoms with Crippen LogP contribution in [0.1, 0.15) is 5.56 Å². The fourth-order valence-electron chi connectivity index (χ4n) is 0.866. The van der Waals surface area contributed by atoms with Crippen LogP contribution in [0.3, 0.4) is 0 Å². The monoisotopic (exact) mass is 218 g/mol. The van der Waals surface area contributed by atoms with E-state index >= 15 is 0 Å². The zero-order valence-electron chi connectivity index (χ0n) is 6.80. The molecule has 0 aliphatic rings. The van der Waals surface area contributed by atoms with Gasteiger partial charge in [-0.15, -0.1) is 0 Å². The molecule has 6 heteroatoms. The van der Waals surface area contributed by atoms with E-state index in [9.17, 15) is 8.78 Å². The third-order valence-corrected chi connectivity index (χ3v) is 1.82. The van der Waals surface area contributed by atoms with Crippen LogP contribution in [0, 0.1) is 11.3 Å². The number of halogens is 3. The molecule has 0 fully saturated rings. The van der Waals surface area contributed by atoms with Gasteiger partial charge in [-0.3, -0.25) is 0 Å². The Kier molecular flexibility index (Phi) is 3.10. The quantitative estimate of drug-likeness (QED) is 0.776. The van der Waals surface area contributed by atoms with Crippen molar-refractivity contribution < 1.29 is 13.5 Å². The van der Waals surface area contributed by atoms with Crippen LogP contribution in [-0.2, 0) is 0 Å². The highest BCUT2D eigenvalue weighted by Crippen LogP contribution is 2.32. The smallest absolute Gasteiger partial charge is 0.387 e. The summed E-state index contributed by atoms with van der Waals surface area (Å²) < 4.78 is 27.8. The number of hydrogen-bond acceptors (Lipinski definition) is 3. The largest absolute Gasteiger partial charge is 0.433 e. The number of hydrogen-bond donors (Lipinski definition) is 1. The number of nitrogen functional groups attached to an aromatic ring is 1. The molecule has 0 saturated carbocycles. The average Bonchev–Trinajstić information content (AvgIpc) is 2.11. The molecular formula is C8H5ClF2N2O. The first-order valence-electron chi connectivity index (χ1n) is 3.48. The summed E-state index contributed by atoms with van der Waals surface area (Å²) in [7, 11) is 0. The molecular weight excluding hydrogens is 214 g/mol. The highest BCUT2D eigenvalue weighted by atomic mass is 35.5. The highest BCUT2D eigenvalue weighted by molar-refractivity contribution is 6.34. The molecule has 74 valence electrons. The van der Waals surface area contributed by atoms with E-state index in [1.807, 2.05) is 0 Å². The SMILES string of the molecule is N#Cc1cc(N)c(Cl)c(OC(F)F)c1. The Bertz CT molecular complexity index is 390. The third-order valence-electron chi connectivity index (χ3n) is 1.41. The molecule has 0 aliphatic heterocycles. The van der Waals surface area contributed by atoms with Gasteiger partial charge in [-0.25, -0.2) is 0 Å². The number of ether oxygens (including phenoxy) is 1. The van der Waals surface area contributed by atoms with Crippen molar-refractivity contribution in [2.45, 2.75) is 6.61 Å². The lowest BCUT2D eigenvalue weighted by Crippen LogP contribution is -2.03. The molecule has 14 heavy (non-hydrogen) atoms. The van der Waals surface area contributed by atoms with Gasteiger partial charge in [-0.2, -0.15) is 14.0 Å². The van der Waals surface area contributed by atoms with Gasteiger partial charge in [-0.05, 0) is 12.1 Å². The second-order valence-electron chi connectivity index (χ2n) is 2.37. The summed E-state index contributed by atoms with van der Waals surface area (Å²) >= 11 is 5.57. The van der Waals surface area contributed by atoms with Gasteiger partial charge in [0.2, 0.25) is 0 Å². The average molecular weight is 219 g/mol. The minimum absolute atomic E-state index is 0.0290. The van der Waals surface area contributed by atoms with Crippen molar-refractivity contribution in [2.75, 3.05) is 5.73 Å². The van der Waals surface area contributed by atoms with Gasteiger partial charge in [0.1, 0.15) is 10.8 Å². The molecule has 0 heterocycles. The zero-order valence-corrected chi connectivity index (χ0v) is 7.55. The molecule has 1 rings (SSSR count). The van der Waals surface area contributed by atoms with Gasteiger partial charge in [0.15, 0.2) is 0 Å². The molecule has 0 atom stereocenters. The molecule has 0 amide bonds. The van der Waals surface area contributed by atoms with Crippen molar-refractivity contribution in [1.29, 1.82) is 5.26 Å². The summed E-state index contributed by atoms with van der Waals surface area (Å²) in [6, 6.07) is 4.13. The maximum Gasteiger partial charge on any atom is 0.387 e. The molecule has 0 bridgehead atoms. The molecule has 1 aromatic carbocycles. The van der Waals surface area contributed by atoms with Crippen molar-refractivity contribution in [3.05, 3.63) is 22.7 Å². The van der Waals surface area contributed by atoms with Gasteiger partial charge >= 0.3 is 6.61 Å². The lowest BCUT2D eigenvalue weighted by molar-refractivity contribution is -0.0497. The summed E-state index contributed by atoms with van der Waals surface area (Å²) in [6.45, 7) is -3.00. The molecule has 0 unspecified atom stereocenters. The van der Waals surface area contributed by atoms with Crippen LogP contribution in [0.15, 0.2) is 12.1 Å².